The fourth-order valence-electron chi connectivity index (χ4n) is 2.04. The molecule has 0 aliphatic carbocycles. The van der Waals surface area contributed by atoms with Crippen LogP contribution in [0.15, 0.2) is 45.5 Å². The maximum absolute atomic E-state index is 12.1. The molecule has 0 saturated heterocycles. The van der Waals surface area contributed by atoms with Gasteiger partial charge in [0.2, 0.25) is 0 Å². The van der Waals surface area contributed by atoms with Gasteiger partial charge in [-0.1, -0.05) is 13.8 Å². The standard InChI is InChI=1S/C19H22BrN3O5/c1-12(2)9-10-27-14-5-3-13(4-6-14)18(25)23-22-17(24)11-21-19(26)15-7-8-16(20)28-15/h3-8,12H,9-11H2,1-2H3,(H,21,26)(H,22,24)(H,23,25). The molecule has 150 valence electrons. The first-order chi connectivity index (χ1) is 13.3. The Morgan fingerprint density at radius 2 is 1.75 bits per heavy atom. The minimum Gasteiger partial charge on any atom is -0.494 e. The van der Waals surface area contributed by atoms with Crippen molar-refractivity contribution < 1.29 is 23.5 Å². The van der Waals surface area contributed by atoms with E-state index in [9.17, 15) is 14.4 Å². The van der Waals surface area contributed by atoms with Crippen molar-refractivity contribution in [3.8, 4) is 5.75 Å². The number of furan rings is 1. The van der Waals surface area contributed by atoms with Gasteiger partial charge in [0.25, 0.3) is 17.7 Å². The topological polar surface area (TPSA) is 110 Å². The van der Waals surface area contributed by atoms with Crippen LogP contribution in [-0.4, -0.2) is 30.9 Å². The molecule has 0 atom stereocenters. The van der Waals surface area contributed by atoms with Gasteiger partial charge in [0.05, 0.1) is 13.2 Å². The number of benzene rings is 1. The second-order valence-corrected chi connectivity index (χ2v) is 7.13. The normalized spacial score (nSPS) is 10.4. The largest absolute Gasteiger partial charge is 0.494 e. The third kappa shape index (κ3) is 7.07. The van der Waals surface area contributed by atoms with E-state index in [0.29, 0.717) is 28.5 Å². The van der Waals surface area contributed by atoms with Gasteiger partial charge in [-0.2, -0.15) is 0 Å². The van der Waals surface area contributed by atoms with Crippen molar-refractivity contribution in [2.24, 2.45) is 5.92 Å². The zero-order chi connectivity index (χ0) is 20.5. The average molecular weight is 452 g/mol. The Morgan fingerprint density at radius 1 is 1.04 bits per heavy atom. The van der Waals surface area contributed by atoms with Gasteiger partial charge in [0.15, 0.2) is 10.4 Å². The Balaban J connectivity index is 1.72. The third-order valence-electron chi connectivity index (χ3n) is 3.60. The minimum atomic E-state index is -0.582. The summed E-state index contributed by atoms with van der Waals surface area (Å²) in [6.45, 7) is 4.53. The predicted octanol–water partition coefficient (Wildman–Crippen LogP) is 2.66. The molecule has 28 heavy (non-hydrogen) atoms. The number of carbonyl (C=O) groups excluding carboxylic acids is 3. The minimum absolute atomic E-state index is 0.0689. The monoisotopic (exact) mass is 451 g/mol. The second-order valence-electron chi connectivity index (χ2n) is 6.34. The molecule has 1 aromatic carbocycles. The number of ether oxygens (including phenoxy) is 1. The molecule has 3 amide bonds. The van der Waals surface area contributed by atoms with Crippen LogP contribution in [0.3, 0.4) is 0 Å². The van der Waals surface area contributed by atoms with Gasteiger partial charge in [0.1, 0.15) is 5.75 Å². The molecule has 0 radical (unpaired) electrons. The van der Waals surface area contributed by atoms with E-state index in [4.69, 9.17) is 9.15 Å². The van der Waals surface area contributed by atoms with Gasteiger partial charge in [-0.3, -0.25) is 25.2 Å². The maximum Gasteiger partial charge on any atom is 0.287 e. The first-order valence-corrected chi connectivity index (χ1v) is 9.50. The summed E-state index contributed by atoms with van der Waals surface area (Å²) in [6, 6.07) is 9.62. The highest BCUT2D eigenvalue weighted by Gasteiger charge is 2.12. The maximum atomic E-state index is 12.1. The molecule has 0 aliphatic rings. The van der Waals surface area contributed by atoms with Crippen LogP contribution in [0, 0.1) is 5.92 Å². The molecular weight excluding hydrogens is 430 g/mol. The summed E-state index contributed by atoms with van der Waals surface area (Å²) in [5, 5.41) is 2.38. The van der Waals surface area contributed by atoms with Crippen LogP contribution in [0.5, 0.6) is 5.75 Å². The number of rotatable bonds is 8. The SMILES string of the molecule is CC(C)CCOc1ccc(C(=O)NNC(=O)CNC(=O)c2ccc(Br)o2)cc1. The van der Waals surface area contributed by atoms with E-state index < -0.39 is 17.7 Å². The van der Waals surface area contributed by atoms with Gasteiger partial charge < -0.3 is 14.5 Å². The van der Waals surface area contributed by atoms with Crippen molar-refractivity contribution in [1.29, 1.82) is 0 Å². The van der Waals surface area contributed by atoms with Crippen LogP contribution >= 0.6 is 15.9 Å². The molecule has 1 aromatic heterocycles. The summed E-state index contributed by atoms with van der Waals surface area (Å²) in [6.07, 6.45) is 0.946. The van der Waals surface area contributed by atoms with Gasteiger partial charge in [-0.15, -0.1) is 0 Å². The Kier molecular flexibility index (Phi) is 8.06. The van der Waals surface area contributed by atoms with Gasteiger partial charge >= 0.3 is 0 Å². The molecule has 3 N–H and O–H groups in total. The zero-order valence-corrected chi connectivity index (χ0v) is 17.2. The highest BCUT2D eigenvalue weighted by atomic mass is 79.9. The Hall–Kier alpha value is -2.81. The van der Waals surface area contributed by atoms with Crippen molar-refractivity contribution in [3.05, 3.63) is 52.4 Å². The summed E-state index contributed by atoms with van der Waals surface area (Å²) in [5.74, 6) is -0.308. The fraction of sp³-hybridized carbons (Fsp3) is 0.316. The van der Waals surface area contributed by atoms with E-state index in [0.717, 1.165) is 6.42 Å². The molecule has 0 aliphatic heterocycles. The lowest BCUT2D eigenvalue weighted by Gasteiger charge is -2.10. The molecule has 2 aromatic rings. The van der Waals surface area contributed by atoms with Crippen LogP contribution in [0.2, 0.25) is 0 Å². The smallest absolute Gasteiger partial charge is 0.287 e. The van der Waals surface area contributed by atoms with Crippen LogP contribution < -0.4 is 20.9 Å². The van der Waals surface area contributed by atoms with Gasteiger partial charge in [0, 0.05) is 5.56 Å². The Labute approximate surface area is 171 Å². The lowest BCUT2D eigenvalue weighted by molar-refractivity contribution is -0.120. The van der Waals surface area contributed by atoms with Crippen molar-refractivity contribution in [3.63, 3.8) is 0 Å². The molecule has 2 rings (SSSR count). The summed E-state index contributed by atoms with van der Waals surface area (Å²) < 4.78 is 11.1. The van der Waals surface area contributed by atoms with E-state index in [1.807, 2.05) is 0 Å². The molecule has 0 unspecified atom stereocenters. The van der Waals surface area contributed by atoms with Crippen molar-refractivity contribution in [1.82, 2.24) is 16.2 Å². The summed E-state index contributed by atoms with van der Waals surface area (Å²) >= 11 is 3.08. The molecule has 0 spiro atoms. The summed E-state index contributed by atoms with van der Waals surface area (Å²) in [4.78, 5) is 35.6. The number of amides is 3. The lowest BCUT2D eigenvalue weighted by atomic mass is 10.1. The molecule has 9 heteroatoms. The number of halogens is 1. The summed E-state index contributed by atoms with van der Waals surface area (Å²) in [7, 11) is 0. The van der Waals surface area contributed by atoms with E-state index in [1.54, 1.807) is 30.3 Å². The van der Waals surface area contributed by atoms with Crippen LogP contribution in [0.4, 0.5) is 0 Å². The van der Waals surface area contributed by atoms with Crippen molar-refractivity contribution in [2.45, 2.75) is 20.3 Å². The number of carbonyl (C=O) groups is 3. The second kappa shape index (κ2) is 10.5. The first-order valence-electron chi connectivity index (χ1n) is 8.70. The highest BCUT2D eigenvalue weighted by Crippen LogP contribution is 2.14. The highest BCUT2D eigenvalue weighted by molar-refractivity contribution is 9.10. The third-order valence-corrected chi connectivity index (χ3v) is 4.03. The van der Waals surface area contributed by atoms with E-state index in [1.165, 1.54) is 6.07 Å². The molecular formula is C19H22BrN3O5. The fourth-order valence-corrected chi connectivity index (χ4v) is 2.35. The lowest BCUT2D eigenvalue weighted by Crippen LogP contribution is -2.46. The van der Waals surface area contributed by atoms with E-state index in [2.05, 4.69) is 45.9 Å². The van der Waals surface area contributed by atoms with Crippen LogP contribution in [0.25, 0.3) is 0 Å². The molecule has 0 fully saturated rings. The van der Waals surface area contributed by atoms with Crippen LogP contribution in [-0.2, 0) is 4.79 Å². The molecule has 0 saturated carbocycles. The zero-order valence-electron chi connectivity index (χ0n) is 15.6. The first kappa shape index (κ1) is 21.5. The number of hydrogen-bond acceptors (Lipinski definition) is 5. The van der Waals surface area contributed by atoms with E-state index >= 15 is 0 Å². The van der Waals surface area contributed by atoms with Crippen LogP contribution in [0.1, 0.15) is 41.2 Å². The number of hydrazine groups is 1. The molecule has 1 heterocycles. The summed E-state index contributed by atoms with van der Waals surface area (Å²) in [5.41, 5.74) is 4.87. The Bertz CT molecular complexity index is 817. The van der Waals surface area contributed by atoms with Gasteiger partial charge in [-0.25, -0.2) is 0 Å². The van der Waals surface area contributed by atoms with Crippen molar-refractivity contribution >= 4 is 33.7 Å². The van der Waals surface area contributed by atoms with Crippen molar-refractivity contribution in [2.75, 3.05) is 13.2 Å². The molecule has 0 bridgehead atoms. The quantitative estimate of drug-likeness (QED) is 0.534. The number of nitrogens with one attached hydrogen (secondary N) is 3. The molecule has 8 nitrogen and oxygen atoms in total. The van der Waals surface area contributed by atoms with E-state index in [-0.39, 0.29) is 12.3 Å². The average Bonchev–Trinajstić information content (AvgIpc) is 3.11. The Morgan fingerprint density at radius 3 is 2.36 bits per heavy atom. The van der Waals surface area contributed by atoms with Gasteiger partial charge in [-0.05, 0) is 64.7 Å². The predicted molar refractivity (Wildman–Crippen MR) is 106 cm³/mol. The number of hydrogen-bond donors (Lipinski definition) is 3.